The van der Waals surface area contributed by atoms with Crippen molar-refractivity contribution in [3.63, 3.8) is 0 Å². The highest BCUT2D eigenvalue weighted by Crippen LogP contribution is 2.18. The molecule has 0 radical (unpaired) electrons. The van der Waals surface area contributed by atoms with Gasteiger partial charge in [-0.25, -0.2) is 0 Å². The third-order valence-corrected chi connectivity index (χ3v) is 2.33. The first kappa shape index (κ1) is 13.0. The Labute approximate surface area is 100 Å². The second kappa shape index (κ2) is 6.54. The van der Waals surface area contributed by atoms with Crippen molar-refractivity contribution in [2.24, 2.45) is 0 Å². The van der Waals surface area contributed by atoms with Crippen LogP contribution in [-0.4, -0.2) is 17.7 Å². The summed E-state index contributed by atoms with van der Waals surface area (Å²) in [5.74, 6) is -0.214. The Hall–Kier alpha value is -2.02. The maximum Gasteiger partial charge on any atom is 0.305 e. The third kappa shape index (κ3) is 4.15. The van der Waals surface area contributed by atoms with Crippen LogP contribution in [0.5, 0.6) is 5.75 Å². The molecule has 0 unspecified atom stereocenters. The van der Waals surface area contributed by atoms with Crippen LogP contribution >= 0.6 is 0 Å². The standard InChI is InChI=1S/C13H15NO3/c1-2-17-13(16)5-3-4-10-6-7-12(15)11(8-10)9-14/h6-8,15H,2-5H2,1H3. The SMILES string of the molecule is CCOC(=O)CCCc1ccc(O)c(C#N)c1. The molecule has 0 saturated carbocycles. The van der Waals surface area contributed by atoms with E-state index in [0.29, 0.717) is 25.9 Å². The van der Waals surface area contributed by atoms with E-state index in [1.165, 1.54) is 6.07 Å². The van der Waals surface area contributed by atoms with Crippen molar-refractivity contribution in [1.29, 1.82) is 5.26 Å². The van der Waals surface area contributed by atoms with Gasteiger partial charge in [0.15, 0.2) is 0 Å². The number of aromatic hydroxyl groups is 1. The number of phenolic OH excluding ortho intramolecular Hbond substituents is 1. The summed E-state index contributed by atoms with van der Waals surface area (Å²) >= 11 is 0. The number of benzene rings is 1. The van der Waals surface area contributed by atoms with Crippen LogP contribution < -0.4 is 0 Å². The summed E-state index contributed by atoms with van der Waals surface area (Å²) in [6, 6.07) is 6.80. The lowest BCUT2D eigenvalue weighted by Gasteiger charge is -2.03. The van der Waals surface area contributed by atoms with Crippen LogP contribution in [0.25, 0.3) is 0 Å². The molecular formula is C13H15NO3. The lowest BCUT2D eigenvalue weighted by atomic mass is 10.1. The second-order valence-electron chi connectivity index (χ2n) is 3.62. The molecule has 90 valence electrons. The minimum Gasteiger partial charge on any atom is -0.507 e. The molecule has 1 rings (SSSR count). The van der Waals surface area contributed by atoms with Crippen molar-refractivity contribution in [1.82, 2.24) is 0 Å². The number of hydrogen-bond donors (Lipinski definition) is 1. The number of carbonyl (C=O) groups excluding carboxylic acids is 1. The third-order valence-electron chi connectivity index (χ3n) is 2.33. The van der Waals surface area contributed by atoms with Gasteiger partial charge in [-0.1, -0.05) is 6.07 Å². The van der Waals surface area contributed by atoms with Gasteiger partial charge in [-0.05, 0) is 37.5 Å². The van der Waals surface area contributed by atoms with Crippen LogP contribution in [0.15, 0.2) is 18.2 Å². The van der Waals surface area contributed by atoms with Gasteiger partial charge in [0.1, 0.15) is 11.8 Å². The zero-order chi connectivity index (χ0) is 12.7. The Balaban J connectivity index is 2.48. The fourth-order valence-corrected chi connectivity index (χ4v) is 1.50. The summed E-state index contributed by atoms with van der Waals surface area (Å²) in [5, 5.41) is 18.1. The Kier molecular flexibility index (Phi) is 5.02. The Morgan fingerprint density at radius 1 is 1.53 bits per heavy atom. The number of phenols is 1. The van der Waals surface area contributed by atoms with Gasteiger partial charge in [-0.2, -0.15) is 5.26 Å². The van der Waals surface area contributed by atoms with Crippen LogP contribution in [0.4, 0.5) is 0 Å². The highest BCUT2D eigenvalue weighted by atomic mass is 16.5. The van der Waals surface area contributed by atoms with Crippen LogP contribution in [0.1, 0.15) is 30.9 Å². The number of carbonyl (C=O) groups is 1. The van der Waals surface area contributed by atoms with Crippen molar-refractivity contribution >= 4 is 5.97 Å². The monoisotopic (exact) mass is 233 g/mol. The van der Waals surface area contributed by atoms with E-state index >= 15 is 0 Å². The second-order valence-corrected chi connectivity index (χ2v) is 3.62. The minimum absolute atomic E-state index is 0.0124. The van der Waals surface area contributed by atoms with Gasteiger partial charge in [-0.15, -0.1) is 0 Å². The number of esters is 1. The number of aryl methyl sites for hydroxylation is 1. The molecule has 1 N–H and O–H groups in total. The molecule has 0 saturated heterocycles. The van der Waals surface area contributed by atoms with Crippen LogP contribution in [0.3, 0.4) is 0 Å². The van der Waals surface area contributed by atoms with E-state index in [1.54, 1.807) is 19.1 Å². The average Bonchev–Trinajstić information content (AvgIpc) is 2.31. The van der Waals surface area contributed by atoms with Gasteiger partial charge in [-0.3, -0.25) is 4.79 Å². The van der Waals surface area contributed by atoms with E-state index in [2.05, 4.69) is 0 Å². The first-order valence-corrected chi connectivity index (χ1v) is 5.55. The average molecular weight is 233 g/mol. The van der Waals surface area contributed by atoms with Crippen molar-refractivity contribution in [2.45, 2.75) is 26.2 Å². The fourth-order valence-electron chi connectivity index (χ4n) is 1.50. The lowest BCUT2D eigenvalue weighted by Crippen LogP contribution is -2.04. The maximum atomic E-state index is 11.1. The zero-order valence-corrected chi connectivity index (χ0v) is 9.77. The smallest absolute Gasteiger partial charge is 0.305 e. The van der Waals surface area contributed by atoms with Crippen molar-refractivity contribution < 1.29 is 14.6 Å². The molecule has 0 bridgehead atoms. The van der Waals surface area contributed by atoms with Crippen LogP contribution in [0.2, 0.25) is 0 Å². The predicted octanol–water partition coefficient (Wildman–Crippen LogP) is 2.15. The quantitative estimate of drug-likeness (QED) is 0.791. The molecule has 0 aliphatic carbocycles. The van der Waals surface area contributed by atoms with Crippen molar-refractivity contribution in [3.8, 4) is 11.8 Å². The molecule has 0 atom stereocenters. The largest absolute Gasteiger partial charge is 0.507 e. The summed E-state index contributed by atoms with van der Waals surface area (Å²) < 4.78 is 4.81. The van der Waals surface area contributed by atoms with Gasteiger partial charge in [0.2, 0.25) is 0 Å². The molecule has 0 heterocycles. The van der Waals surface area contributed by atoms with Gasteiger partial charge in [0, 0.05) is 6.42 Å². The number of nitrogens with zero attached hydrogens (tertiary/aromatic N) is 1. The summed E-state index contributed by atoms with van der Waals surface area (Å²) in [4.78, 5) is 11.1. The topological polar surface area (TPSA) is 70.3 Å². The van der Waals surface area contributed by atoms with E-state index in [9.17, 15) is 9.90 Å². The van der Waals surface area contributed by atoms with E-state index in [1.807, 2.05) is 6.07 Å². The number of hydrogen-bond acceptors (Lipinski definition) is 4. The summed E-state index contributed by atoms with van der Waals surface area (Å²) in [6.45, 7) is 2.17. The van der Waals surface area contributed by atoms with E-state index in [0.717, 1.165) is 5.56 Å². The predicted molar refractivity (Wildman–Crippen MR) is 62.4 cm³/mol. The first-order valence-electron chi connectivity index (χ1n) is 5.55. The molecule has 1 aromatic rings. The number of nitriles is 1. The van der Waals surface area contributed by atoms with Gasteiger partial charge < -0.3 is 9.84 Å². The number of ether oxygens (including phenoxy) is 1. The summed E-state index contributed by atoms with van der Waals surface area (Å²) in [6.07, 6.45) is 1.73. The molecule has 0 fully saturated rings. The number of rotatable bonds is 5. The maximum absolute atomic E-state index is 11.1. The Morgan fingerprint density at radius 2 is 2.29 bits per heavy atom. The van der Waals surface area contributed by atoms with E-state index in [-0.39, 0.29) is 17.3 Å². The molecule has 0 aliphatic rings. The summed E-state index contributed by atoms with van der Waals surface area (Å²) in [5.41, 5.74) is 1.20. The molecule has 0 spiro atoms. The van der Waals surface area contributed by atoms with Crippen molar-refractivity contribution in [2.75, 3.05) is 6.61 Å². The highest BCUT2D eigenvalue weighted by molar-refractivity contribution is 5.69. The minimum atomic E-state index is -0.202. The molecule has 4 heteroatoms. The molecule has 4 nitrogen and oxygen atoms in total. The van der Waals surface area contributed by atoms with Gasteiger partial charge >= 0.3 is 5.97 Å². The Morgan fingerprint density at radius 3 is 2.94 bits per heavy atom. The Bertz CT molecular complexity index is 435. The van der Waals surface area contributed by atoms with Crippen LogP contribution in [0, 0.1) is 11.3 Å². The highest BCUT2D eigenvalue weighted by Gasteiger charge is 2.04. The van der Waals surface area contributed by atoms with Crippen molar-refractivity contribution in [3.05, 3.63) is 29.3 Å². The molecule has 0 aromatic heterocycles. The van der Waals surface area contributed by atoms with Gasteiger partial charge in [0.05, 0.1) is 12.2 Å². The summed E-state index contributed by atoms with van der Waals surface area (Å²) in [7, 11) is 0. The zero-order valence-electron chi connectivity index (χ0n) is 9.77. The molecule has 1 aromatic carbocycles. The van der Waals surface area contributed by atoms with Crippen LogP contribution in [-0.2, 0) is 16.0 Å². The molecule has 0 amide bonds. The fraction of sp³-hybridized carbons (Fsp3) is 0.385. The molecular weight excluding hydrogens is 218 g/mol. The first-order chi connectivity index (χ1) is 8.17. The van der Waals surface area contributed by atoms with E-state index in [4.69, 9.17) is 10.00 Å². The lowest BCUT2D eigenvalue weighted by molar-refractivity contribution is -0.143. The normalized spacial score (nSPS) is 9.65. The van der Waals surface area contributed by atoms with Gasteiger partial charge in [0.25, 0.3) is 0 Å². The van der Waals surface area contributed by atoms with E-state index < -0.39 is 0 Å². The molecule has 0 aliphatic heterocycles. The molecule has 17 heavy (non-hydrogen) atoms.